The van der Waals surface area contributed by atoms with Gasteiger partial charge in [0.05, 0.1) is 16.8 Å². The number of ketones is 1. The van der Waals surface area contributed by atoms with Crippen LogP contribution in [-0.2, 0) is 0 Å². The zero-order chi connectivity index (χ0) is 15.5. The predicted octanol–water partition coefficient (Wildman–Crippen LogP) is 3.16. The van der Waals surface area contributed by atoms with E-state index in [1.165, 1.54) is 0 Å². The maximum absolute atomic E-state index is 12.7. The Balaban J connectivity index is 0.00000242. The van der Waals surface area contributed by atoms with Gasteiger partial charge in [0.1, 0.15) is 0 Å². The molecule has 22 heavy (non-hydrogen) atoms. The molecule has 0 unspecified atom stereocenters. The second kappa shape index (κ2) is 7.42. The third-order valence-corrected chi connectivity index (χ3v) is 2.96. The van der Waals surface area contributed by atoms with Gasteiger partial charge in [0, 0.05) is 18.1 Å². The number of nitrogens with one attached hydrogen (secondary N) is 1. The number of alkyl halides is 3. The van der Waals surface area contributed by atoms with Gasteiger partial charge in [-0.05, 0) is 19.0 Å². The summed E-state index contributed by atoms with van der Waals surface area (Å²) in [5.41, 5.74) is 5.57. The van der Waals surface area contributed by atoms with Crippen molar-refractivity contribution in [2.45, 2.75) is 12.6 Å². The third kappa shape index (κ3) is 3.86. The number of pyridine rings is 1. The van der Waals surface area contributed by atoms with Crippen molar-refractivity contribution in [3.8, 4) is 0 Å². The van der Waals surface area contributed by atoms with Crippen molar-refractivity contribution in [3.63, 3.8) is 0 Å². The number of rotatable bonds is 5. The molecule has 0 saturated heterocycles. The van der Waals surface area contributed by atoms with Crippen molar-refractivity contribution in [2.75, 3.05) is 18.4 Å². The summed E-state index contributed by atoms with van der Waals surface area (Å²) in [7, 11) is 0. The van der Waals surface area contributed by atoms with Crippen molar-refractivity contribution in [3.05, 3.63) is 36.0 Å². The van der Waals surface area contributed by atoms with E-state index in [0.29, 0.717) is 30.4 Å². The average Bonchev–Trinajstić information content (AvgIpc) is 2.46. The maximum atomic E-state index is 12.7. The van der Waals surface area contributed by atoms with Crippen LogP contribution in [0.4, 0.5) is 18.9 Å². The van der Waals surface area contributed by atoms with Gasteiger partial charge in [0.2, 0.25) is 0 Å². The molecule has 3 N–H and O–H groups in total. The van der Waals surface area contributed by atoms with E-state index in [0.717, 1.165) is 6.20 Å². The van der Waals surface area contributed by atoms with Crippen LogP contribution in [0, 0.1) is 0 Å². The molecular weight excluding hydrogens is 319 g/mol. The van der Waals surface area contributed by atoms with Gasteiger partial charge in [-0.3, -0.25) is 9.78 Å². The molecule has 0 amide bonds. The molecule has 4 nitrogen and oxygen atoms in total. The Morgan fingerprint density at radius 2 is 1.95 bits per heavy atom. The fraction of sp³-hybridized carbons (Fsp3) is 0.286. The number of hydrogen-bond acceptors (Lipinski definition) is 4. The van der Waals surface area contributed by atoms with Crippen molar-refractivity contribution in [1.29, 1.82) is 0 Å². The molecule has 2 aromatic rings. The minimum atomic E-state index is -4.94. The number of nitrogens with two attached hydrogens (primary N) is 1. The minimum absolute atomic E-state index is 0. The first-order chi connectivity index (χ1) is 9.95. The molecule has 0 aliphatic carbocycles. The number of nitrogens with zero attached hydrogens (tertiary/aromatic N) is 1. The average molecular weight is 334 g/mol. The smallest absolute Gasteiger partial charge is 0.384 e. The molecule has 0 saturated carbocycles. The molecule has 2 rings (SSSR count). The van der Waals surface area contributed by atoms with Gasteiger partial charge >= 0.3 is 6.18 Å². The second-order valence-corrected chi connectivity index (χ2v) is 4.46. The van der Waals surface area contributed by atoms with Gasteiger partial charge in [-0.1, -0.05) is 18.2 Å². The molecule has 0 bridgehead atoms. The molecule has 1 aromatic carbocycles. The van der Waals surface area contributed by atoms with Crippen LogP contribution in [0.15, 0.2) is 30.5 Å². The molecular formula is C14H15ClF3N3O. The molecule has 0 radical (unpaired) electrons. The molecule has 1 aromatic heterocycles. The van der Waals surface area contributed by atoms with Crippen LogP contribution in [0.2, 0.25) is 0 Å². The van der Waals surface area contributed by atoms with Crippen LogP contribution < -0.4 is 11.1 Å². The van der Waals surface area contributed by atoms with Gasteiger partial charge in [-0.15, -0.1) is 12.4 Å². The van der Waals surface area contributed by atoms with E-state index in [-0.39, 0.29) is 18.1 Å². The third-order valence-electron chi connectivity index (χ3n) is 2.96. The standard InChI is InChI=1S/C14H14F3N3O.ClH/c15-14(16,17)13(21)10-8-20-11-5-2-1-4-9(11)12(10)19-7-3-6-18;/h1-2,4-5,8H,3,6-7,18H2,(H,19,20);1H. The maximum Gasteiger partial charge on any atom is 0.455 e. The highest BCUT2D eigenvalue weighted by atomic mass is 35.5. The van der Waals surface area contributed by atoms with E-state index in [9.17, 15) is 18.0 Å². The highest BCUT2D eigenvalue weighted by molar-refractivity contribution is 6.10. The highest BCUT2D eigenvalue weighted by Crippen LogP contribution is 2.31. The summed E-state index contributed by atoms with van der Waals surface area (Å²) in [5, 5.41) is 3.35. The first-order valence-corrected chi connectivity index (χ1v) is 6.38. The largest absolute Gasteiger partial charge is 0.455 e. The number of benzene rings is 1. The Bertz CT molecular complexity index is 661. The number of halogens is 4. The number of carbonyl (C=O) groups excluding carboxylic acids is 1. The number of anilines is 1. The lowest BCUT2D eigenvalue weighted by molar-refractivity contribution is -0.0884. The summed E-state index contributed by atoms with van der Waals surface area (Å²) < 4.78 is 38.0. The van der Waals surface area contributed by atoms with Crippen LogP contribution in [-0.4, -0.2) is 30.0 Å². The first-order valence-electron chi connectivity index (χ1n) is 6.38. The molecule has 0 aliphatic heterocycles. The van der Waals surface area contributed by atoms with Crippen molar-refractivity contribution in [2.24, 2.45) is 5.73 Å². The number of hydrogen-bond donors (Lipinski definition) is 2. The van der Waals surface area contributed by atoms with E-state index in [2.05, 4.69) is 10.3 Å². The summed E-state index contributed by atoms with van der Waals surface area (Å²) in [5.74, 6) is -1.91. The number of fused-ring (bicyclic) bond motifs is 1. The monoisotopic (exact) mass is 333 g/mol. The summed E-state index contributed by atoms with van der Waals surface area (Å²) >= 11 is 0. The zero-order valence-electron chi connectivity index (χ0n) is 11.5. The predicted molar refractivity (Wildman–Crippen MR) is 81.5 cm³/mol. The van der Waals surface area contributed by atoms with Crippen molar-refractivity contribution >= 4 is 34.8 Å². The van der Waals surface area contributed by atoms with E-state index in [1.54, 1.807) is 24.3 Å². The second-order valence-electron chi connectivity index (χ2n) is 4.46. The fourth-order valence-corrected chi connectivity index (χ4v) is 1.97. The molecule has 8 heteroatoms. The normalized spacial score (nSPS) is 11.1. The Morgan fingerprint density at radius 3 is 2.59 bits per heavy atom. The Kier molecular flexibility index (Phi) is 6.13. The van der Waals surface area contributed by atoms with Crippen LogP contribution >= 0.6 is 12.4 Å². The van der Waals surface area contributed by atoms with Crippen LogP contribution in [0.25, 0.3) is 10.9 Å². The molecule has 1 heterocycles. The molecule has 0 atom stereocenters. The molecule has 0 aliphatic rings. The summed E-state index contributed by atoms with van der Waals surface area (Å²) in [4.78, 5) is 15.5. The van der Waals surface area contributed by atoms with E-state index < -0.39 is 17.5 Å². The molecule has 0 spiro atoms. The number of carbonyl (C=O) groups is 1. The van der Waals surface area contributed by atoms with Crippen LogP contribution in [0.1, 0.15) is 16.8 Å². The number of Topliss-reactive ketones (excluding diaryl/α,β-unsaturated/α-hetero) is 1. The molecule has 0 fully saturated rings. The Hall–Kier alpha value is -1.86. The number of aromatic nitrogens is 1. The van der Waals surface area contributed by atoms with Gasteiger partial charge in [-0.2, -0.15) is 13.2 Å². The summed E-state index contributed by atoms with van der Waals surface area (Å²) in [6.07, 6.45) is -3.40. The lowest BCUT2D eigenvalue weighted by Crippen LogP contribution is -2.24. The topological polar surface area (TPSA) is 68.0 Å². The van der Waals surface area contributed by atoms with Gasteiger partial charge in [-0.25, -0.2) is 0 Å². The lowest BCUT2D eigenvalue weighted by atomic mass is 10.1. The molecule has 120 valence electrons. The van der Waals surface area contributed by atoms with E-state index >= 15 is 0 Å². The summed E-state index contributed by atoms with van der Waals surface area (Å²) in [6.45, 7) is 0.779. The highest BCUT2D eigenvalue weighted by Gasteiger charge is 2.41. The van der Waals surface area contributed by atoms with Gasteiger partial charge in [0.15, 0.2) is 0 Å². The number of para-hydroxylation sites is 1. The van der Waals surface area contributed by atoms with Crippen LogP contribution in [0.5, 0.6) is 0 Å². The summed E-state index contributed by atoms with van der Waals surface area (Å²) in [6, 6.07) is 6.70. The van der Waals surface area contributed by atoms with Gasteiger partial charge in [0.25, 0.3) is 5.78 Å². The Morgan fingerprint density at radius 1 is 1.27 bits per heavy atom. The Labute approximate surface area is 131 Å². The lowest BCUT2D eigenvalue weighted by Gasteiger charge is -2.14. The van der Waals surface area contributed by atoms with Crippen LogP contribution in [0.3, 0.4) is 0 Å². The van der Waals surface area contributed by atoms with Crippen molar-refractivity contribution < 1.29 is 18.0 Å². The SMILES string of the molecule is Cl.NCCCNc1c(C(=O)C(F)(F)F)cnc2ccccc12. The van der Waals surface area contributed by atoms with E-state index in [1.807, 2.05) is 0 Å². The first kappa shape index (κ1) is 18.2. The fourth-order valence-electron chi connectivity index (χ4n) is 1.97. The zero-order valence-corrected chi connectivity index (χ0v) is 12.3. The minimum Gasteiger partial charge on any atom is -0.384 e. The quantitative estimate of drug-likeness (QED) is 0.651. The van der Waals surface area contributed by atoms with E-state index in [4.69, 9.17) is 5.73 Å². The van der Waals surface area contributed by atoms with Crippen molar-refractivity contribution in [1.82, 2.24) is 4.98 Å². The van der Waals surface area contributed by atoms with Gasteiger partial charge < -0.3 is 11.1 Å².